The Morgan fingerprint density at radius 2 is 1.83 bits per heavy atom. The highest BCUT2D eigenvalue weighted by atomic mass is 32.1. The van der Waals surface area contributed by atoms with Crippen LogP contribution in [0, 0.1) is 19.3 Å². The fourth-order valence-corrected chi connectivity index (χ4v) is 3.07. The molecule has 1 aromatic carbocycles. The minimum atomic E-state index is -0.446. The number of hydrogen-bond donors (Lipinski definition) is 0. The highest BCUT2D eigenvalue weighted by Crippen LogP contribution is 2.14. The van der Waals surface area contributed by atoms with Crippen LogP contribution in [-0.4, -0.2) is 10.4 Å². The number of aromatic nitrogens is 1. The first-order valence-electron chi connectivity index (χ1n) is 7.60. The monoisotopic (exact) mass is 329 g/mol. The Balaban J connectivity index is 2.59. The van der Waals surface area contributed by atoms with E-state index in [0.29, 0.717) is 9.20 Å². The van der Waals surface area contributed by atoms with Crippen LogP contribution in [0.2, 0.25) is 0 Å². The number of aryl methyl sites for hydroxylation is 2. The van der Waals surface area contributed by atoms with Crippen molar-refractivity contribution >= 4 is 29.3 Å². The maximum atomic E-state index is 12.4. The maximum absolute atomic E-state index is 12.4. The van der Waals surface area contributed by atoms with E-state index in [0.717, 1.165) is 5.56 Å². The number of nitrogens with zero attached hydrogens (tertiary/aromatic N) is 1. The Labute approximate surface area is 140 Å². The number of benzene rings is 1. The highest BCUT2D eigenvalue weighted by Gasteiger charge is 2.19. The Kier molecular flexibility index (Phi) is 4.76. The Morgan fingerprint density at radius 1 is 1.17 bits per heavy atom. The molecule has 0 unspecified atom stereocenters. The van der Waals surface area contributed by atoms with Gasteiger partial charge < -0.3 is 4.57 Å². The third-order valence-corrected chi connectivity index (χ3v) is 5.00. The smallest absolute Gasteiger partial charge is 0.268 e. The molecule has 2 rings (SSSR count). The van der Waals surface area contributed by atoms with E-state index in [-0.39, 0.29) is 11.3 Å². The van der Waals surface area contributed by atoms with Gasteiger partial charge in [0.05, 0.1) is 4.53 Å². The number of ketones is 1. The molecule has 0 radical (unpaired) electrons. The normalized spacial score (nSPS) is 13.7. The molecular formula is C19H23NO2S. The average molecular weight is 329 g/mol. The van der Waals surface area contributed by atoms with E-state index in [4.69, 9.17) is 0 Å². The molecule has 0 aliphatic carbocycles. The van der Waals surface area contributed by atoms with Gasteiger partial charge >= 0.3 is 0 Å². The van der Waals surface area contributed by atoms with Crippen molar-refractivity contribution in [1.29, 1.82) is 0 Å². The first kappa shape index (κ1) is 17.4. The van der Waals surface area contributed by atoms with Crippen LogP contribution in [0.3, 0.4) is 0 Å². The molecule has 0 saturated carbocycles. The summed E-state index contributed by atoms with van der Waals surface area (Å²) in [4.78, 5) is 24.6. The van der Waals surface area contributed by atoms with Crippen molar-refractivity contribution in [2.24, 2.45) is 12.5 Å². The quantitative estimate of drug-likeness (QED) is 0.848. The van der Waals surface area contributed by atoms with Gasteiger partial charge in [0, 0.05) is 18.5 Å². The van der Waals surface area contributed by atoms with Crippen molar-refractivity contribution in [3.05, 3.63) is 54.4 Å². The number of carbonyl (C=O) groups is 1. The molecule has 0 fully saturated rings. The van der Waals surface area contributed by atoms with Crippen LogP contribution in [0.25, 0.3) is 12.2 Å². The van der Waals surface area contributed by atoms with Crippen molar-refractivity contribution in [3.8, 4) is 0 Å². The number of thiazole rings is 1. The van der Waals surface area contributed by atoms with E-state index in [9.17, 15) is 9.59 Å². The largest absolute Gasteiger partial charge is 0.302 e. The van der Waals surface area contributed by atoms with Gasteiger partial charge in [-0.25, -0.2) is 0 Å². The topological polar surface area (TPSA) is 39.1 Å². The summed E-state index contributed by atoms with van der Waals surface area (Å²) in [6.07, 6.45) is 3.46. The van der Waals surface area contributed by atoms with Gasteiger partial charge in [-0.3, -0.25) is 9.59 Å². The third kappa shape index (κ3) is 3.88. The molecule has 3 nitrogen and oxygen atoms in total. The Morgan fingerprint density at radius 3 is 2.39 bits per heavy atom. The van der Waals surface area contributed by atoms with Gasteiger partial charge in [-0.15, -0.1) is 11.3 Å². The standard InChI is InChI=1S/C19H23NO2S/c1-12-7-8-14(9-13(12)2)10-15-18(22)20(6)17(23-15)11-16(21)19(3,4)5/h7-11H,1-6H3/b15-10+,17-11-. The average Bonchev–Trinajstić information content (AvgIpc) is 2.70. The Bertz CT molecular complexity index is 924. The summed E-state index contributed by atoms with van der Waals surface area (Å²) >= 11 is 1.35. The molecule has 0 amide bonds. The molecule has 0 spiro atoms. The zero-order chi connectivity index (χ0) is 17.4. The van der Waals surface area contributed by atoms with Gasteiger partial charge in [0.15, 0.2) is 5.78 Å². The molecule has 2 aromatic rings. The molecule has 23 heavy (non-hydrogen) atoms. The Hall–Kier alpha value is -1.94. The van der Waals surface area contributed by atoms with E-state index in [1.807, 2.05) is 32.9 Å². The van der Waals surface area contributed by atoms with E-state index in [1.54, 1.807) is 17.7 Å². The summed E-state index contributed by atoms with van der Waals surface area (Å²) in [5.41, 5.74) is 2.91. The predicted molar refractivity (Wildman–Crippen MR) is 97.2 cm³/mol. The lowest BCUT2D eigenvalue weighted by Gasteiger charge is -2.12. The summed E-state index contributed by atoms with van der Waals surface area (Å²) in [5.74, 6) is 0.0204. The summed E-state index contributed by atoms with van der Waals surface area (Å²) in [5, 5.41) is 0. The second-order valence-electron chi connectivity index (χ2n) is 6.92. The summed E-state index contributed by atoms with van der Waals surface area (Å²) in [6.45, 7) is 9.74. The minimum Gasteiger partial charge on any atom is -0.302 e. The second-order valence-corrected chi connectivity index (χ2v) is 7.98. The number of hydrogen-bond acceptors (Lipinski definition) is 3. The second kappa shape index (κ2) is 6.28. The van der Waals surface area contributed by atoms with E-state index < -0.39 is 5.41 Å². The van der Waals surface area contributed by atoms with Crippen molar-refractivity contribution in [3.63, 3.8) is 0 Å². The number of Topliss-reactive ketones (excluding diaryl/α,β-unsaturated/α-hetero) is 1. The SMILES string of the molecule is Cc1ccc(/C=c2/s/c(=C\C(=O)C(C)(C)C)n(C)c2=O)cc1C. The molecule has 0 atom stereocenters. The van der Waals surface area contributed by atoms with Crippen LogP contribution in [0.1, 0.15) is 37.5 Å². The maximum Gasteiger partial charge on any atom is 0.268 e. The molecule has 0 bridgehead atoms. The van der Waals surface area contributed by atoms with E-state index in [2.05, 4.69) is 26.0 Å². The molecule has 1 aromatic heterocycles. The summed E-state index contributed by atoms with van der Waals surface area (Å²) < 4.78 is 2.87. The van der Waals surface area contributed by atoms with Gasteiger partial charge in [0.2, 0.25) is 0 Å². The lowest BCUT2D eigenvalue weighted by atomic mass is 9.91. The van der Waals surface area contributed by atoms with Crippen molar-refractivity contribution < 1.29 is 4.79 Å². The van der Waals surface area contributed by atoms with Crippen molar-refractivity contribution in [1.82, 2.24) is 4.57 Å². The molecule has 0 saturated heterocycles. The van der Waals surface area contributed by atoms with Crippen molar-refractivity contribution in [2.45, 2.75) is 34.6 Å². The van der Waals surface area contributed by atoms with Crippen LogP contribution < -0.4 is 14.8 Å². The predicted octanol–water partition coefficient (Wildman–Crippen LogP) is 2.29. The van der Waals surface area contributed by atoms with Gasteiger partial charge in [-0.1, -0.05) is 39.0 Å². The fraction of sp³-hybridized carbons (Fsp3) is 0.368. The first-order chi connectivity index (χ1) is 10.6. The van der Waals surface area contributed by atoms with Crippen molar-refractivity contribution in [2.75, 3.05) is 0 Å². The highest BCUT2D eigenvalue weighted by molar-refractivity contribution is 7.07. The van der Waals surface area contributed by atoms with E-state index in [1.165, 1.54) is 22.5 Å². The van der Waals surface area contributed by atoms with Gasteiger partial charge in [-0.05, 0) is 36.6 Å². The van der Waals surface area contributed by atoms with Gasteiger partial charge in [-0.2, -0.15) is 0 Å². The summed E-state index contributed by atoms with van der Waals surface area (Å²) in [6, 6.07) is 6.12. The molecule has 122 valence electrons. The lowest BCUT2D eigenvalue weighted by molar-refractivity contribution is -0.120. The number of carbonyl (C=O) groups excluding carboxylic acids is 1. The van der Waals surface area contributed by atoms with Gasteiger partial charge in [0.25, 0.3) is 5.56 Å². The molecule has 4 heteroatoms. The first-order valence-corrected chi connectivity index (χ1v) is 8.42. The van der Waals surface area contributed by atoms with E-state index >= 15 is 0 Å². The molecule has 0 aliphatic heterocycles. The molecule has 0 N–H and O–H groups in total. The fourth-order valence-electron chi connectivity index (χ4n) is 2.04. The van der Waals surface area contributed by atoms with Crippen LogP contribution in [-0.2, 0) is 11.8 Å². The van der Waals surface area contributed by atoms with Crippen LogP contribution in [0.15, 0.2) is 23.0 Å². The van der Waals surface area contributed by atoms with Crippen LogP contribution in [0.4, 0.5) is 0 Å². The minimum absolute atomic E-state index is 0.0204. The van der Waals surface area contributed by atoms with Crippen LogP contribution >= 0.6 is 11.3 Å². The lowest BCUT2D eigenvalue weighted by Crippen LogP contribution is -2.30. The zero-order valence-electron chi connectivity index (χ0n) is 14.6. The van der Waals surface area contributed by atoms with Gasteiger partial charge in [0.1, 0.15) is 4.66 Å². The molecule has 0 aliphatic rings. The molecule has 1 heterocycles. The number of rotatable bonds is 2. The van der Waals surface area contributed by atoms with Crippen LogP contribution in [0.5, 0.6) is 0 Å². The molecular weight excluding hydrogens is 306 g/mol. The zero-order valence-corrected chi connectivity index (χ0v) is 15.4. The third-order valence-electron chi connectivity index (χ3n) is 3.88. The summed E-state index contributed by atoms with van der Waals surface area (Å²) in [7, 11) is 1.71.